The van der Waals surface area contributed by atoms with Crippen molar-refractivity contribution in [2.24, 2.45) is 0 Å². The maximum absolute atomic E-state index is 4.06. The van der Waals surface area contributed by atoms with Gasteiger partial charge < -0.3 is 14.8 Å². The standard InChI is InChI=1S/C66H64BN3S/c1-39-21-24-41(25-22-39)68-54-38-59-45(46-33-49-52(37-58(46)71-59)66(9,10)30-28-63(49,3)4)32-44(54)47-35-57(69(42-17-13-11-14-18-42)43-19-15-12-16-20-43)60-48-34-50-51(65(7,8)29-27-64(50,5)6)36-56(48)70-55-26-23-40(2)31-53(55)67-61(47)62(60)70/h11-26,31-38,67-68H,27-30H2,1-10H3. The van der Waals surface area contributed by atoms with Crippen molar-refractivity contribution in [3.8, 4) is 16.8 Å². The molecule has 71 heavy (non-hydrogen) atoms. The first kappa shape index (κ1) is 44.4. The molecule has 10 aromatic rings. The van der Waals surface area contributed by atoms with Crippen LogP contribution in [0.3, 0.4) is 0 Å². The Bertz CT molecular complexity index is 3790. The number of anilines is 5. The van der Waals surface area contributed by atoms with Crippen LogP contribution in [0.1, 0.15) is 114 Å². The van der Waals surface area contributed by atoms with E-state index in [4.69, 9.17) is 0 Å². The smallest absolute Gasteiger partial charge is 0.198 e. The zero-order chi connectivity index (χ0) is 48.9. The van der Waals surface area contributed by atoms with E-state index in [1.54, 1.807) is 0 Å². The van der Waals surface area contributed by atoms with Crippen molar-refractivity contribution in [3.05, 3.63) is 179 Å². The second-order valence-corrected chi connectivity index (χ2v) is 25.2. The summed E-state index contributed by atoms with van der Waals surface area (Å²) in [5.41, 5.74) is 23.7. The third-order valence-electron chi connectivity index (χ3n) is 17.4. The van der Waals surface area contributed by atoms with Gasteiger partial charge in [-0.2, -0.15) is 0 Å². The first-order chi connectivity index (χ1) is 34.0. The molecule has 0 amide bonds. The van der Waals surface area contributed by atoms with Crippen LogP contribution < -0.4 is 21.1 Å². The van der Waals surface area contributed by atoms with Gasteiger partial charge in [0.2, 0.25) is 0 Å². The summed E-state index contributed by atoms with van der Waals surface area (Å²) < 4.78 is 5.37. The number of aromatic nitrogens is 1. The van der Waals surface area contributed by atoms with Crippen LogP contribution >= 0.6 is 11.3 Å². The number of fused-ring (bicyclic) bond motifs is 10. The lowest BCUT2D eigenvalue weighted by Gasteiger charge is -2.42. The van der Waals surface area contributed by atoms with E-state index in [9.17, 15) is 0 Å². The molecule has 0 saturated carbocycles. The number of aryl methyl sites for hydroxylation is 2. The molecule has 0 bridgehead atoms. The predicted molar refractivity (Wildman–Crippen MR) is 310 cm³/mol. The number of hydrogen-bond acceptors (Lipinski definition) is 3. The molecule has 3 nitrogen and oxygen atoms in total. The van der Waals surface area contributed by atoms with E-state index in [1.807, 2.05) is 11.3 Å². The Morgan fingerprint density at radius 1 is 0.521 bits per heavy atom. The van der Waals surface area contributed by atoms with Gasteiger partial charge in [0.25, 0.3) is 0 Å². The van der Waals surface area contributed by atoms with Crippen LogP contribution in [0.4, 0.5) is 28.4 Å². The Kier molecular flexibility index (Phi) is 9.67. The monoisotopic (exact) mass is 941 g/mol. The van der Waals surface area contributed by atoms with Crippen molar-refractivity contribution < 1.29 is 0 Å². The maximum atomic E-state index is 4.06. The van der Waals surface area contributed by atoms with Crippen molar-refractivity contribution in [1.82, 2.24) is 4.57 Å². The zero-order valence-corrected chi connectivity index (χ0v) is 44.0. The molecule has 1 N–H and O–H groups in total. The molecule has 0 unspecified atom stereocenters. The Morgan fingerprint density at radius 3 is 1.68 bits per heavy atom. The van der Waals surface area contributed by atoms with Crippen molar-refractivity contribution in [3.63, 3.8) is 0 Å². The van der Waals surface area contributed by atoms with Crippen molar-refractivity contribution in [1.29, 1.82) is 0 Å². The Labute approximate surface area is 424 Å². The van der Waals surface area contributed by atoms with E-state index >= 15 is 0 Å². The van der Waals surface area contributed by atoms with Crippen molar-refractivity contribution >= 4 is 100.0 Å². The Balaban J connectivity index is 1.21. The fourth-order valence-electron chi connectivity index (χ4n) is 13.0. The number of nitrogens with one attached hydrogen (secondary N) is 1. The fraction of sp³-hybridized carbons (Fsp3) is 0.273. The Morgan fingerprint density at radius 2 is 1.06 bits per heavy atom. The van der Waals surface area contributed by atoms with Gasteiger partial charge in [-0.25, -0.2) is 0 Å². The van der Waals surface area contributed by atoms with E-state index < -0.39 is 0 Å². The molecule has 0 radical (unpaired) electrons. The van der Waals surface area contributed by atoms with Gasteiger partial charge in [0.05, 0.1) is 16.7 Å². The zero-order valence-electron chi connectivity index (χ0n) is 43.2. The van der Waals surface area contributed by atoms with Gasteiger partial charge in [-0.1, -0.05) is 133 Å². The molecule has 13 rings (SSSR count). The summed E-state index contributed by atoms with van der Waals surface area (Å²) in [6.45, 7) is 24.1. The molecule has 2 aliphatic carbocycles. The average Bonchev–Trinajstić information content (AvgIpc) is 3.88. The van der Waals surface area contributed by atoms with Gasteiger partial charge in [-0.3, -0.25) is 0 Å². The highest BCUT2D eigenvalue weighted by Gasteiger charge is 2.40. The van der Waals surface area contributed by atoms with E-state index in [1.165, 1.54) is 128 Å². The van der Waals surface area contributed by atoms with Gasteiger partial charge in [0.1, 0.15) is 0 Å². The Hall–Kier alpha value is -6.56. The summed E-state index contributed by atoms with van der Waals surface area (Å²) in [5, 5.41) is 9.39. The first-order valence-electron chi connectivity index (χ1n) is 26.0. The van der Waals surface area contributed by atoms with Crippen molar-refractivity contribution in [2.45, 2.75) is 117 Å². The number of hydrogen-bond donors (Lipinski definition) is 1. The summed E-state index contributed by atoms with van der Waals surface area (Å²) in [6.07, 6.45) is 4.72. The third kappa shape index (κ3) is 6.89. The van der Waals surface area contributed by atoms with Crippen LogP contribution in [0, 0.1) is 13.8 Å². The molecule has 0 saturated heterocycles. The van der Waals surface area contributed by atoms with E-state index in [2.05, 4.69) is 230 Å². The van der Waals surface area contributed by atoms with Crippen LogP contribution in [0.5, 0.6) is 0 Å². The topological polar surface area (TPSA) is 20.2 Å². The first-order valence-corrected chi connectivity index (χ1v) is 26.9. The molecule has 3 heterocycles. The summed E-state index contributed by atoms with van der Waals surface area (Å²) >= 11 is 1.95. The molecule has 0 fully saturated rings. The third-order valence-corrected chi connectivity index (χ3v) is 18.5. The summed E-state index contributed by atoms with van der Waals surface area (Å²) in [5.74, 6) is 0. The molecule has 2 aromatic heterocycles. The normalized spacial score (nSPS) is 16.9. The minimum atomic E-state index is 0.0453. The summed E-state index contributed by atoms with van der Waals surface area (Å²) in [7, 11) is 0.829. The summed E-state index contributed by atoms with van der Waals surface area (Å²) in [4.78, 5) is 2.54. The highest BCUT2D eigenvalue weighted by Crippen LogP contribution is 2.54. The largest absolute Gasteiger partial charge is 0.355 e. The van der Waals surface area contributed by atoms with E-state index in [0.717, 1.165) is 36.4 Å². The highest BCUT2D eigenvalue weighted by atomic mass is 32.1. The number of nitrogens with zero attached hydrogens (tertiary/aromatic N) is 2. The van der Waals surface area contributed by atoms with Gasteiger partial charge in [0.15, 0.2) is 7.28 Å². The lowest BCUT2D eigenvalue weighted by Crippen LogP contribution is -2.37. The van der Waals surface area contributed by atoms with Crippen LogP contribution in [-0.4, -0.2) is 11.8 Å². The summed E-state index contributed by atoms with van der Waals surface area (Å²) in [6, 6.07) is 56.2. The van der Waals surface area contributed by atoms with Gasteiger partial charge >= 0.3 is 0 Å². The lowest BCUT2D eigenvalue weighted by molar-refractivity contribution is 0.332. The second-order valence-electron chi connectivity index (χ2n) is 24.1. The number of benzene rings is 8. The van der Waals surface area contributed by atoms with Crippen LogP contribution in [-0.2, 0) is 21.7 Å². The molecular weight excluding hydrogens is 878 g/mol. The van der Waals surface area contributed by atoms with Crippen LogP contribution in [0.15, 0.2) is 146 Å². The molecule has 1 aliphatic heterocycles. The maximum Gasteiger partial charge on any atom is 0.198 e. The average molecular weight is 942 g/mol. The minimum Gasteiger partial charge on any atom is -0.355 e. The second kappa shape index (κ2) is 15.5. The number of thiophene rings is 1. The molecular formula is C66H64BN3S. The molecule has 3 aliphatic rings. The molecule has 352 valence electrons. The van der Waals surface area contributed by atoms with Gasteiger partial charge in [0, 0.05) is 64.9 Å². The fourth-order valence-corrected chi connectivity index (χ4v) is 14.2. The van der Waals surface area contributed by atoms with Gasteiger partial charge in [-0.15, -0.1) is 11.3 Å². The SMILES string of the molecule is Cc1ccc(Nc2cc3sc4cc5c(cc4c3cc2-c2cc(N(c3ccccc3)c3ccccc3)c3c4cc6c(cc4n4c3c2Bc2cc(C)ccc2-4)C(C)(C)CCC6(C)C)C(C)(C)CCC5(C)C)cc1. The van der Waals surface area contributed by atoms with Crippen molar-refractivity contribution in [2.75, 3.05) is 10.2 Å². The van der Waals surface area contributed by atoms with Gasteiger partial charge in [-0.05, 0) is 179 Å². The molecule has 5 heteroatoms. The molecule has 8 aromatic carbocycles. The van der Waals surface area contributed by atoms with E-state index in [0.29, 0.717) is 0 Å². The minimum absolute atomic E-state index is 0.0453. The lowest BCUT2D eigenvalue weighted by atomic mass is 9.58. The van der Waals surface area contributed by atoms with E-state index in [-0.39, 0.29) is 21.7 Å². The quantitative estimate of drug-likeness (QED) is 0.168. The van der Waals surface area contributed by atoms with Crippen LogP contribution in [0.2, 0.25) is 0 Å². The highest BCUT2D eigenvalue weighted by molar-refractivity contribution is 7.25. The number of rotatable bonds is 6. The molecule has 0 spiro atoms. The molecule has 0 atom stereocenters. The predicted octanol–water partition coefficient (Wildman–Crippen LogP) is 17.0. The number of para-hydroxylation sites is 2. The van der Waals surface area contributed by atoms with Crippen LogP contribution in [0.25, 0.3) is 58.8 Å².